The number of rotatable bonds is 3. The first kappa shape index (κ1) is 15.0. The van der Waals surface area contributed by atoms with E-state index in [4.69, 9.17) is 10.7 Å². The zero-order valence-corrected chi connectivity index (χ0v) is 13.3. The molecule has 1 aromatic heterocycles. The topological polar surface area (TPSA) is 38.9 Å². The predicted octanol–water partition coefficient (Wildman–Crippen LogP) is 3.98. The third kappa shape index (κ3) is 3.01. The number of para-hydroxylation sites is 1. The van der Waals surface area contributed by atoms with Crippen LogP contribution in [0.2, 0.25) is 0 Å². The van der Waals surface area contributed by atoms with Crippen molar-refractivity contribution >= 4 is 10.9 Å². The molecule has 108 valence electrons. The van der Waals surface area contributed by atoms with Gasteiger partial charge >= 0.3 is 0 Å². The van der Waals surface area contributed by atoms with Crippen LogP contribution in [0.3, 0.4) is 0 Å². The molecule has 1 atom stereocenters. The Balaban J connectivity index is 2.66. The Bertz CT molecular complexity index is 609. The monoisotopic (exact) mass is 270 g/mol. The van der Waals surface area contributed by atoms with E-state index in [-0.39, 0.29) is 5.41 Å². The SMILES string of the molecule is Cc1cc(CC(C)CN)c2cccc(C(C)(C)C)c2n1. The van der Waals surface area contributed by atoms with Gasteiger partial charge in [0.15, 0.2) is 0 Å². The normalized spacial score (nSPS) is 13.7. The molecule has 2 N–H and O–H groups in total. The van der Waals surface area contributed by atoms with Gasteiger partial charge in [-0.3, -0.25) is 4.98 Å². The Labute approximate surface area is 122 Å². The minimum atomic E-state index is 0.108. The van der Waals surface area contributed by atoms with Crippen molar-refractivity contribution in [3.63, 3.8) is 0 Å². The summed E-state index contributed by atoms with van der Waals surface area (Å²) >= 11 is 0. The van der Waals surface area contributed by atoms with Crippen LogP contribution in [0.15, 0.2) is 24.3 Å². The van der Waals surface area contributed by atoms with Crippen molar-refractivity contribution in [1.29, 1.82) is 0 Å². The molecule has 2 heteroatoms. The molecule has 2 aromatic rings. The van der Waals surface area contributed by atoms with E-state index >= 15 is 0 Å². The first-order valence-corrected chi connectivity index (χ1v) is 7.42. The van der Waals surface area contributed by atoms with E-state index < -0.39 is 0 Å². The lowest BCUT2D eigenvalue weighted by Crippen LogP contribution is -2.15. The van der Waals surface area contributed by atoms with Gasteiger partial charge in [0.1, 0.15) is 0 Å². The van der Waals surface area contributed by atoms with Crippen LogP contribution < -0.4 is 5.73 Å². The van der Waals surface area contributed by atoms with Crippen molar-refractivity contribution in [3.8, 4) is 0 Å². The van der Waals surface area contributed by atoms with Crippen LogP contribution in [0, 0.1) is 12.8 Å². The molecule has 0 saturated heterocycles. The Kier molecular flexibility index (Phi) is 4.14. The van der Waals surface area contributed by atoms with Crippen molar-refractivity contribution in [1.82, 2.24) is 4.98 Å². The highest BCUT2D eigenvalue weighted by Gasteiger charge is 2.19. The predicted molar refractivity (Wildman–Crippen MR) is 87.1 cm³/mol. The fourth-order valence-corrected chi connectivity index (χ4v) is 2.69. The summed E-state index contributed by atoms with van der Waals surface area (Å²) in [4.78, 5) is 4.80. The van der Waals surface area contributed by atoms with Gasteiger partial charge in [-0.05, 0) is 48.4 Å². The zero-order chi connectivity index (χ0) is 14.9. The van der Waals surface area contributed by atoms with Gasteiger partial charge in [-0.2, -0.15) is 0 Å². The number of nitrogens with zero attached hydrogens (tertiary/aromatic N) is 1. The number of benzene rings is 1. The van der Waals surface area contributed by atoms with Crippen LogP contribution >= 0.6 is 0 Å². The summed E-state index contributed by atoms with van der Waals surface area (Å²) in [6.45, 7) is 11.7. The van der Waals surface area contributed by atoms with Gasteiger partial charge in [0.05, 0.1) is 5.52 Å². The molecular weight excluding hydrogens is 244 g/mol. The summed E-state index contributed by atoms with van der Waals surface area (Å²) in [5.74, 6) is 0.498. The molecule has 2 rings (SSSR count). The minimum absolute atomic E-state index is 0.108. The molecule has 2 nitrogen and oxygen atoms in total. The first-order valence-electron chi connectivity index (χ1n) is 7.42. The maximum absolute atomic E-state index is 5.79. The molecule has 0 saturated carbocycles. The second kappa shape index (κ2) is 5.53. The summed E-state index contributed by atoms with van der Waals surface area (Å²) in [7, 11) is 0. The van der Waals surface area contributed by atoms with Crippen LogP contribution in [0.4, 0.5) is 0 Å². The average molecular weight is 270 g/mol. The summed E-state index contributed by atoms with van der Waals surface area (Å²) in [5.41, 5.74) is 10.8. The Morgan fingerprint density at radius 1 is 1.25 bits per heavy atom. The summed E-state index contributed by atoms with van der Waals surface area (Å²) in [6.07, 6.45) is 1.02. The molecule has 0 bridgehead atoms. The van der Waals surface area contributed by atoms with Crippen molar-refractivity contribution in [3.05, 3.63) is 41.1 Å². The van der Waals surface area contributed by atoms with E-state index in [2.05, 4.69) is 58.9 Å². The number of aryl methyl sites for hydroxylation is 1. The van der Waals surface area contributed by atoms with Crippen molar-refractivity contribution in [2.75, 3.05) is 6.54 Å². The molecule has 0 aliphatic heterocycles. The number of nitrogens with two attached hydrogens (primary N) is 1. The second-order valence-electron chi connectivity index (χ2n) is 6.92. The number of fused-ring (bicyclic) bond motifs is 1. The van der Waals surface area contributed by atoms with Gasteiger partial charge in [-0.1, -0.05) is 45.9 Å². The fourth-order valence-electron chi connectivity index (χ4n) is 2.69. The molecule has 0 radical (unpaired) electrons. The number of aromatic nitrogens is 1. The lowest BCUT2D eigenvalue weighted by molar-refractivity contribution is 0.591. The highest BCUT2D eigenvalue weighted by atomic mass is 14.7. The van der Waals surface area contributed by atoms with Gasteiger partial charge in [-0.25, -0.2) is 0 Å². The summed E-state index contributed by atoms with van der Waals surface area (Å²) < 4.78 is 0. The van der Waals surface area contributed by atoms with Gasteiger partial charge in [0.2, 0.25) is 0 Å². The third-order valence-electron chi connectivity index (χ3n) is 3.83. The molecular formula is C18H26N2. The van der Waals surface area contributed by atoms with E-state index in [9.17, 15) is 0 Å². The van der Waals surface area contributed by atoms with Gasteiger partial charge in [-0.15, -0.1) is 0 Å². The van der Waals surface area contributed by atoms with Crippen molar-refractivity contribution < 1.29 is 0 Å². The second-order valence-corrected chi connectivity index (χ2v) is 6.92. The molecule has 0 fully saturated rings. The Morgan fingerprint density at radius 3 is 2.55 bits per heavy atom. The van der Waals surface area contributed by atoms with Crippen LogP contribution in [0.5, 0.6) is 0 Å². The Morgan fingerprint density at radius 2 is 1.95 bits per heavy atom. The molecule has 1 unspecified atom stereocenters. The maximum atomic E-state index is 5.79. The van der Waals surface area contributed by atoms with Crippen molar-refractivity contribution in [2.24, 2.45) is 11.7 Å². The maximum Gasteiger partial charge on any atom is 0.0745 e. The Hall–Kier alpha value is -1.41. The average Bonchev–Trinajstić information content (AvgIpc) is 2.36. The molecule has 20 heavy (non-hydrogen) atoms. The molecule has 0 aliphatic carbocycles. The molecule has 1 aromatic carbocycles. The summed E-state index contributed by atoms with van der Waals surface area (Å²) in [5, 5.41) is 1.28. The van der Waals surface area contributed by atoms with Crippen LogP contribution in [0.25, 0.3) is 10.9 Å². The molecule has 0 spiro atoms. The van der Waals surface area contributed by atoms with Gasteiger partial charge in [0, 0.05) is 11.1 Å². The van der Waals surface area contributed by atoms with Crippen LogP contribution in [-0.2, 0) is 11.8 Å². The van der Waals surface area contributed by atoms with Gasteiger partial charge < -0.3 is 5.73 Å². The van der Waals surface area contributed by atoms with E-state index in [0.29, 0.717) is 5.92 Å². The zero-order valence-electron chi connectivity index (χ0n) is 13.3. The summed E-state index contributed by atoms with van der Waals surface area (Å²) in [6, 6.07) is 8.75. The highest BCUT2D eigenvalue weighted by Crippen LogP contribution is 2.31. The smallest absolute Gasteiger partial charge is 0.0745 e. The molecule has 0 amide bonds. The number of hydrogen-bond acceptors (Lipinski definition) is 2. The van der Waals surface area contributed by atoms with Crippen LogP contribution in [0.1, 0.15) is 44.5 Å². The fraction of sp³-hybridized carbons (Fsp3) is 0.500. The van der Waals surface area contributed by atoms with Gasteiger partial charge in [0.25, 0.3) is 0 Å². The number of pyridine rings is 1. The molecule has 0 aliphatic rings. The largest absolute Gasteiger partial charge is 0.330 e. The molecule has 1 heterocycles. The first-order chi connectivity index (χ1) is 9.32. The highest BCUT2D eigenvalue weighted by molar-refractivity contribution is 5.86. The minimum Gasteiger partial charge on any atom is -0.330 e. The van der Waals surface area contributed by atoms with E-state index in [1.165, 1.54) is 16.5 Å². The van der Waals surface area contributed by atoms with Crippen LogP contribution in [-0.4, -0.2) is 11.5 Å². The lowest BCUT2D eigenvalue weighted by Gasteiger charge is -2.22. The number of hydrogen-bond donors (Lipinski definition) is 1. The standard InChI is InChI=1S/C18H26N2/c1-12(11-19)9-14-10-13(2)20-17-15(14)7-6-8-16(17)18(3,4)5/h6-8,10,12H,9,11,19H2,1-5H3. The lowest BCUT2D eigenvalue weighted by atomic mass is 9.84. The van der Waals surface area contributed by atoms with E-state index in [0.717, 1.165) is 24.2 Å². The van der Waals surface area contributed by atoms with E-state index in [1.807, 2.05) is 0 Å². The quantitative estimate of drug-likeness (QED) is 0.916. The third-order valence-corrected chi connectivity index (χ3v) is 3.83. The van der Waals surface area contributed by atoms with E-state index in [1.54, 1.807) is 0 Å². The van der Waals surface area contributed by atoms with Crippen molar-refractivity contribution in [2.45, 2.75) is 46.5 Å².